The lowest BCUT2D eigenvalue weighted by Gasteiger charge is -2.15. The minimum absolute atomic E-state index is 0.667. The molecule has 0 fully saturated rings. The van der Waals surface area contributed by atoms with E-state index in [0.717, 1.165) is 39.5 Å². The number of nitrogens with one attached hydrogen (secondary N) is 1. The maximum absolute atomic E-state index is 5.44. The Morgan fingerprint density at radius 2 is 1.33 bits per heavy atom. The Hall–Kier alpha value is -4.04. The van der Waals surface area contributed by atoms with Gasteiger partial charge in [0.15, 0.2) is 11.5 Å². The van der Waals surface area contributed by atoms with Crippen molar-refractivity contribution < 1.29 is 9.47 Å². The molecule has 7 nitrogen and oxygen atoms in total. The predicted octanol–water partition coefficient (Wildman–Crippen LogP) is 5.82. The van der Waals surface area contributed by atoms with Gasteiger partial charge in [-0.25, -0.2) is 4.98 Å². The number of ether oxygens (including phenoxy) is 2. The zero-order valence-electron chi connectivity index (χ0n) is 21.4. The Morgan fingerprint density at radius 3 is 1.83 bits per heavy atom. The Kier molecular flexibility index (Phi) is 7.75. The first kappa shape index (κ1) is 25.1. The van der Waals surface area contributed by atoms with E-state index in [2.05, 4.69) is 63.8 Å². The Morgan fingerprint density at radius 1 is 0.778 bits per heavy atom. The van der Waals surface area contributed by atoms with Crippen LogP contribution in [0.3, 0.4) is 0 Å². The lowest BCUT2D eigenvalue weighted by Crippen LogP contribution is -2.11. The van der Waals surface area contributed by atoms with Crippen LogP contribution >= 0.6 is 11.3 Å². The topological polar surface area (TPSA) is 62.2 Å². The Bertz CT molecular complexity index is 1280. The molecule has 0 saturated carbocycles. The van der Waals surface area contributed by atoms with Gasteiger partial charge in [0.25, 0.3) is 0 Å². The fourth-order valence-corrected chi connectivity index (χ4v) is 4.35. The molecule has 0 unspecified atom stereocenters. The quantitative estimate of drug-likeness (QED) is 0.230. The third kappa shape index (κ3) is 5.60. The highest BCUT2D eigenvalue weighted by molar-refractivity contribution is 7.14. The van der Waals surface area contributed by atoms with Crippen molar-refractivity contribution in [1.82, 2.24) is 4.98 Å². The van der Waals surface area contributed by atoms with Gasteiger partial charge in [-0.2, -0.15) is 5.10 Å². The number of rotatable bonds is 9. The van der Waals surface area contributed by atoms with Gasteiger partial charge in [0.1, 0.15) is 0 Å². The van der Waals surface area contributed by atoms with E-state index in [9.17, 15) is 0 Å². The molecule has 0 bridgehead atoms. The summed E-state index contributed by atoms with van der Waals surface area (Å²) >= 11 is 1.50. The summed E-state index contributed by atoms with van der Waals surface area (Å²) in [4.78, 5) is 8.89. The van der Waals surface area contributed by atoms with E-state index < -0.39 is 0 Å². The fraction of sp³-hybridized carbons (Fsp3) is 0.214. The van der Waals surface area contributed by atoms with Crippen molar-refractivity contribution >= 4 is 33.6 Å². The number of benzene rings is 3. The van der Waals surface area contributed by atoms with Crippen molar-refractivity contribution in [1.29, 1.82) is 0 Å². The molecule has 3 aromatic carbocycles. The van der Waals surface area contributed by atoms with Gasteiger partial charge in [0.05, 0.1) is 25.6 Å². The lowest BCUT2D eigenvalue weighted by atomic mass is 10.0. The van der Waals surface area contributed by atoms with Crippen molar-refractivity contribution in [2.75, 3.05) is 57.6 Å². The molecule has 0 aliphatic heterocycles. The second-order valence-electron chi connectivity index (χ2n) is 8.56. The maximum atomic E-state index is 5.44. The summed E-state index contributed by atoms with van der Waals surface area (Å²) in [5.41, 5.74) is 10.1. The number of nitrogens with zero attached hydrogens (tertiary/aromatic N) is 4. The number of thiazole rings is 1. The zero-order chi connectivity index (χ0) is 25.7. The van der Waals surface area contributed by atoms with Crippen LogP contribution in [0, 0.1) is 0 Å². The van der Waals surface area contributed by atoms with E-state index in [1.54, 1.807) is 14.2 Å². The maximum Gasteiger partial charge on any atom is 0.203 e. The Labute approximate surface area is 216 Å². The van der Waals surface area contributed by atoms with Crippen LogP contribution in [-0.4, -0.2) is 53.1 Å². The average Bonchev–Trinajstić information content (AvgIpc) is 3.38. The molecule has 8 heteroatoms. The minimum atomic E-state index is 0.667. The molecule has 0 aliphatic rings. The monoisotopic (exact) mass is 501 g/mol. The molecule has 1 aromatic heterocycles. The molecule has 1 heterocycles. The second-order valence-corrected chi connectivity index (χ2v) is 9.42. The largest absolute Gasteiger partial charge is 0.493 e. The van der Waals surface area contributed by atoms with Gasteiger partial charge in [-0.05, 0) is 42.5 Å². The van der Waals surface area contributed by atoms with Crippen molar-refractivity contribution in [3.05, 3.63) is 83.2 Å². The lowest BCUT2D eigenvalue weighted by molar-refractivity contribution is 0.355. The molecule has 0 amide bonds. The molecule has 36 heavy (non-hydrogen) atoms. The van der Waals surface area contributed by atoms with Gasteiger partial charge in [-0.15, -0.1) is 11.3 Å². The van der Waals surface area contributed by atoms with Crippen LogP contribution in [0.2, 0.25) is 0 Å². The van der Waals surface area contributed by atoms with Crippen LogP contribution in [0.5, 0.6) is 11.5 Å². The van der Waals surface area contributed by atoms with Gasteiger partial charge in [0.2, 0.25) is 5.13 Å². The first-order chi connectivity index (χ1) is 17.4. The van der Waals surface area contributed by atoms with Crippen LogP contribution in [0.4, 0.5) is 16.5 Å². The number of aromatic nitrogens is 1. The number of hydrogen-bond donors (Lipinski definition) is 1. The summed E-state index contributed by atoms with van der Waals surface area (Å²) in [6.45, 7) is 0. The summed E-state index contributed by atoms with van der Waals surface area (Å²) in [5, 5.41) is 7.49. The van der Waals surface area contributed by atoms with Crippen molar-refractivity contribution in [2.45, 2.75) is 0 Å². The molecule has 0 saturated heterocycles. The number of hydrazone groups is 1. The predicted molar refractivity (Wildman–Crippen MR) is 151 cm³/mol. The number of methoxy groups -OCH3 is 2. The van der Waals surface area contributed by atoms with Gasteiger partial charge in [-0.3, -0.25) is 5.43 Å². The smallest absolute Gasteiger partial charge is 0.203 e. The summed E-state index contributed by atoms with van der Waals surface area (Å²) in [6, 6.07) is 22.5. The van der Waals surface area contributed by atoms with Gasteiger partial charge in [-0.1, -0.05) is 24.3 Å². The van der Waals surface area contributed by atoms with Crippen LogP contribution in [0.25, 0.3) is 11.3 Å². The third-order valence-corrected chi connectivity index (χ3v) is 6.51. The highest BCUT2D eigenvalue weighted by atomic mass is 32.1. The minimum Gasteiger partial charge on any atom is -0.493 e. The normalized spacial score (nSPS) is 10.5. The van der Waals surface area contributed by atoms with E-state index >= 15 is 0 Å². The van der Waals surface area contributed by atoms with Crippen LogP contribution < -0.4 is 24.7 Å². The summed E-state index contributed by atoms with van der Waals surface area (Å²) < 4.78 is 10.8. The van der Waals surface area contributed by atoms with Crippen molar-refractivity contribution in [3.8, 4) is 22.8 Å². The molecular weight excluding hydrogens is 470 g/mol. The summed E-state index contributed by atoms with van der Waals surface area (Å²) in [6.07, 6.45) is 0. The zero-order valence-corrected chi connectivity index (χ0v) is 22.3. The number of hydrogen-bond acceptors (Lipinski definition) is 8. The average molecular weight is 502 g/mol. The van der Waals surface area contributed by atoms with Crippen LogP contribution in [0.15, 0.2) is 77.2 Å². The molecule has 0 aliphatic carbocycles. The van der Waals surface area contributed by atoms with Crippen molar-refractivity contribution in [2.24, 2.45) is 5.10 Å². The SMILES string of the molecule is COc1ccc(-c2csc(NN=C(c3ccc(N(C)C)cc3)c3ccc(N(C)C)cc3)n2)cc1OC. The first-order valence-electron chi connectivity index (χ1n) is 11.5. The summed E-state index contributed by atoms with van der Waals surface area (Å²) in [5.74, 6) is 1.35. The van der Waals surface area contributed by atoms with E-state index in [4.69, 9.17) is 19.6 Å². The molecule has 0 atom stereocenters. The van der Waals surface area contributed by atoms with E-state index in [-0.39, 0.29) is 0 Å². The molecule has 1 N–H and O–H groups in total. The van der Waals surface area contributed by atoms with E-state index in [0.29, 0.717) is 16.6 Å². The highest BCUT2D eigenvalue weighted by Crippen LogP contribution is 2.33. The van der Waals surface area contributed by atoms with Crippen LogP contribution in [0.1, 0.15) is 11.1 Å². The first-order valence-corrected chi connectivity index (χ1v) is 12.3. The van der Waals surface area contributed by atoms with E-state index in [1.807, 2.05) is 51.8 Å². The molecule has 0 radical (unpaired) electrons. The van der Waals surface area contributed by atoms with Gasteiger partial charge in [0, 0.05) is 61.6 Å². The highest BCUT2D eigenvalue weighted by Gasteiger charge is 2.12. The number of anilines is 3. The molecular formula is C28H31N5O2S. The van der Waals surface area contributed by atoms with Crippen molar-refractivity contribution in [3.63, 3.8) is 0 Å². The fourth-order valence-electron chi connectivity index (χ4n) is 3.69. The molecule has 4 rings (SSSR count). The van der Waals surface area contributed by atoms with Crippen LogP contribution in [-0.2, 0) is 0 Å². The Balaban J connectivity index is 1.64. The second kappa shape index (κ2) is 11.1. The molecule has 0 spiro atoms. The standard InChI is InChI=1S/C28H31N5O2S/c1-32(2)22-12-7-19(8-13-22)27(20-9-14-23(15-10-20)33(3)4)30-31-28-29-24(18-36-28)21-11-16-25(34-5)26(17-21)35-6/h7-18H,1-6H3,(H,29,31). The van der Waals surface area contributed by atoms with Gasteiger partial charge < -0.3 is 19.3 Å². The molecule has 186 valence electrons. The third-order valence-electron chi connectivity index (χ3n) is 5.76. The van der Waals surface area contributed by atoms with E-state index in [1.165, 1.54) is 11.3 Å². The summed E-state index contributed by atoms with van der Waals surface area (Å²) in [7, 11) is 11.4. The van der Waals surface area contributed by atoms with Gasteiger partial charge >= 0.3 is 0 Å². The molecule has 4 aromatic rings.